The van der Waals surface area contributed by atoms with Gasteiger partial charge in [0.05, 0.1) is 8.67 Å². The van der Waals surface area contributed by atoms with Crippen LogP contribution in [0, 0.1) is 0 Å². The van der Waals surface area contributed by atoms with Gasteiger partial charge in [0.15, 0.2) is 0 Å². The molecule has 1 N–H and O–H groups in total. The monoisotopic (exact) mass is 278 g/mol. The first-order valence-corrected chi connectivity index (χ1v) is 7.04. The van der Waals surface area contributed by atoms with Crippen LogP contribution in [0.2, 0.25) is 8.67 Å². The van der Waals surface area contributed by atoms with Crippen LogP contribution >= 0.6 is 34.5 Å². The van der Waals surface area contributed by atoms with E-state index in [-0.39, 0.29) is 0 Å². The summed E-state index contributed by atoms with van der Waals surface area (Å²) in [5, 5.41) is 3.38. The van der Waals surface area contributed by atoms with Gasteiger partial charge in [-0.05, 0) is 33.0 Å². The average molecular weight is 279 g/mol. The molecule has 1 saturated heterocycles. The van der Waals surface area contributed by atoms with E-state index in [1.807, 2.05) is 6.07 Å². The van der Waals surface area contributed by atoms with Crippen LogP contribution in [-0.2, 0) is 0 Å². The van der Waals surface area contributed by atoms with Crippen LogP contribution in [0.1, 0.15) is 24.9 Å². The van der Waals surface area contributed by atoms with Crippen molar-refractivity contribution in [3.63, 3.8) is 0 Å². The molecule has 0 radical (unpaired) electrons. The van der Waals surface area contributed by atoms with E-state index < -0.39 is 0 Å². The van der Waals surface area contributed by atoms with E-state index >= 15 is 0 Å². The van der Waals surface area contributed by atoms with Crippen LogP contribution in [0.3, 0.4) is 0 Å². The number of thiophene rings is 1. The zero-order chi connectivity index (χ0) is 11.7. The fourth-order valence-electron chi connectivity index (χ4n) is 2.16. The van der Waals surface area contributed by atoms with Gasteiger partial charge in [-0.25, -0.2) is 0 Å². The summed E-state index contributed by atoms with van der Waals surface area (Å²) in [4.78, 5) is 2.38. The van der Waals surface area contributed by atoms with E-state index in [4.69, 9.17) is 23.2 Å². The molecule has 0 spiro atoms. The highest BCUT2D eigenvalue weighted by molar-refractivity contribution is 7.20. The zero-order valence-electron chi connectivity index (χ0n) is 9.46. The Morgan fingerprint density at radius 2 is 2.31 bits per heavy atom. The fourth-order valence-corrected chi connectivity index (χ4v) is 3.79. The van der Waals surface area contributed by atoms with Gasteiger partial charge in [-0.15, -0.1) is 11.3 Å². The van der Waals surface area contributed by atoms with E-state index in [1.54, 1.807) is 0 Å². The smallest absolute Gasteiger partial charge is 0.0991 e. The Hall–Kier alpha value is 0.200. The SMILES string of the molecule is CC(c1cc(Cl)sc1Cl)N(C)C1CCNC1. The van der Waals surface area contributed by atoms with Crippen molar-refractivity contribution in [3.8, 4) is 0 Å². The van der Waals surface area contributed by atoms with Gasteiger partial charge in [0.1, 0.15) is 0 Å². The Bertz CT molecular complexity index is 361. The van der Waals surface area contributed by atoms with Crippen molar-refractivity contribution in [2.75, 3.05) is 20.1 Å². The van der Waals surface area contributed by atoms with Crippen LogP contribution in [0.15, 0.2) is 6.07 Å². The van der Waals surface area contributed by atoms with Crippen molar-refractivity contribution in [3.05, 3.63) is 20.3 Å². The number of rotatable bonds is 3. The lowest BCUT2D eigenvalue weighted by molar-refractivity contribution is 0.197. The second kappa shape index (κ2) is 5.23. The Balaban J connectivity index is 2.11. The molecule has 90 valence electrons. The van der Waals surface area contributed by atoms with Gasteiger partial charge in [-0.3, -0.25) is 4.90 Å². The molecule has 1 aliphatic heterocycles. The van der Waals surface area contributed by atoms with Crippen molar-refractivity contribution in [2.45, 2.75) is 25.4 Å². The van der Waals surface area contributed by atoms with Gasteiger partial charge in [0.2, 0.25) is 0 Å². The fraction of sp³-hybridized carbons (Fsp3) is 0.636. The van der Waals surface area contributed by atoms with Gasteiger partial charge >= 0.3 is 0 Å². The first-order valence-electron chi connectivity index (χ1n) is 5.47. The summed E-state index contributed by atoms with van der Waals surface area (Å²) in [6, 6.07) is 2.91. The summed E-state index contributed by atoms with van der Waals surface area (Å²) < 4.78 is 1.58. The normalized spacial score (nSPS) is 22.9. The molecule has 16 heavy (non-hydrogen) atoms. The maximum Gasteiger partial charge on any atom is 0.0991 e. The van der Waals surface area contributed by atoms with Gasteiger partial charge < -0.3 is 5.32 Å². The first kappa shape index (κ1) is 12.7. The van der Waals surface area contributed by atoms with Gasteiger partial charge in [0.25, 0.3) is 0 Å². The maximum atomic E-state index is 6.18. The molecular formula is C11H16Cl2N2S. The van der Waals surface area contributed by atoms with Crippen LogP contribution < -0.4 is 5.32 Å². The minimum Gasteiger partial charge on any atom is -0.315 e. The molecular weight excluding hydrogens is 263 g/mol. The molecule has 5 heteroatoms. The molecule has 0 aromatic carbocycles. The molecule has 0 bridgehead atoms. The third-order valence-corrected chi connectivity index (χ3v) is 4.87. The summed E-state index contributed by atoms with van der Waals surface area (Å²) >= 11 is 13.6. The number of likely N-dealkylation sites (N-methyl/N-ethyl adjacent to an activating group) is 1. The number of halogens is 2. The van der Waals surface area contributed by atoms with E-state index in [1.165, 1.54) is 17.8 Å². The maximum absolute atomic E-state index is 6.18. The lowest BCUT2D eigenvalue weighted by Gasteiger charge is -2.30. The van der Waals surface area contributed by atoms with Gasteiger partial charge in [-0.1, -0.05) is 23.2 Å². The molecule has 0 aliphatic carbocycles. The lowest BCUT2D eigenvalue weighted by Crippen LogP contribution is -2.35. The highest BCUT2D eigenvalue weighted by Crippen LogP contribution is 2.37. The van der Waals surface area contributed by atoms with Crippen LogP contribution in [0.4, 0.5) is 0 Å². The third-order valence-electron chi connectivity index (χ3n) is 3.35. The van der Waals surface area contributed by atoms with Gasteiger partial charge in [-0.2, -0.15) is 0 Å². The van der Waals surface area contributed by atoms with Crippen molar-refractivity contribution >= 4 is 34.5 Å². The molecule has 2 heterocycles. The molecule has 2 nitrogen and oxygen atoms in total. The largest absolute Gasteiger partial charge is 0.315 e. The highest BCUT2D eigenvalue weighted by atomic mass is 35.5. The Morgan fingerprint density at radius 3 is 2.81 bits per heavy atom. The molecule has 1 aromatic rings. The van der Waals surface area contributed by atoms with E-state index in [9.17, 15) is 0 Å². The molecule has 1 aromatic heterocycles. The number of nitrogens with one attached hydrogen (secondary N) is 1. The molecule has 1 aliphatic rings. The topological polar surface area (TPSA) is 15.3 Å². The van der Waals surface area contributed by atoms with Crippen molar-refractivity contribution in [1.29, 1.82) is 0 Å². The quantitative estimate of drug-likeness (QED) is 0.912. The molecule has 2 atom stereocenters. The average Bonchev–Trinajstić information content (AvgIpc) is 2.85. The summed E-state index contributed by atoms with van der Waals surface area (Å²) in [5.41, 5.74) is 1.14. The molecule has 1 fully saturated rings. The summed E-state index contributed by atoms with van der Waals surface area (Å²) in [6.45, 7) is 4.36. The minimum absolute atomic E-state index is 0.321. The second-order valence-corrected chi connectivity index (χ2v) is 6.55. The standard InChI is InChI=1S/C11H16Cl2N2S/c1-7(9-5-10(12)16-11(9)13)15(2)8-3-4-14-6-8/h5,7-8,14H,3-4,6H2,1-2H3. The van der Waals surface area contributed by atoms with Crippen molar-refractivity contribution < 1.29 is 0 Å². The molecule has 2 unspecified atom stereocenters. The molecule has 0 amide bonds. The number of hydrogen-bond donors (Lipinski definition) is 1. The summed E-state index contributed by atoms with van der Waals surface area (Å²) in [5.74, 6) is 0. The van der Waals surface area contributed by atoms with Crippen LogP contribution in [-0.4, -0.2) is 31.1 Å². The molecule has 2 rings (SSSR count). The molecule has 0 saturated carbocycles. The van der Waals surface area contributed by atoms with Gasteiger partial charge in [0, 0.05) is 24.2 Å². The predicted octanol–water partition coefficient (Wildman–Crippen LogP) is 3.41. The van der Waals surface area contributed by atoms with Crippen molar-refractivity contribution in [2.24, 2.45) is 0 Å². The predicted molar refractivity (Wildman–Crippen MR) is 71.8 cm³/mol. The zero-order valence-corrected chi connectivity index (χ0v) is 11.8. The highest BCUT2D eigenvalue weighted by Gasteiger charge is 2.25. The summed E-state index contributed by atoms with van der Waals surface area (Å²) in [7, 11) is 2.16. The van der Waals surface area contributed by atoms with Crippen molar-refractivity contribution in [1.82, 2.24) is 10.2 Å². The number of nitrogens with zero attached hydrogens (tertiary/aromatic N) is 1. The second-order valence-electron chi connectivity index (χ2n) is 4.27. The Labute approximate surface area is 111 Å². The first-order chi connectivity index (χ1) is 7.59. The Kier molecular flexibility index (Phi) is 4.14. The third kappa shape index (κ3) is 2.54. The lowest BCUT2D eigenvalue weighted by atomic mass is 10.1. The van der Waals surface area contributed by atoms with E-state index in [0.717, 1.165) is 27.3 Å². The van der Waals surface area contributed by atoms with Crippen LogP contribution in [0.25, 0.3) is 0 Å². The van der Waals surface area contributed by atoms with Crippen LogP contribution in [0.5, 0.6) is 0 Å². The minimum atomic E-state index is 0.321. The van der Waals surface area contributed by atoms with E-state index in [2.05, 4.69) is 24.2 Å². The number of hydrogen-bond acceptors (Lipinski definition) is 3. The summed E-state index contributed by atoms with van der Waals surface area (Å²) in [6.07, 6.45) is 1.20. The Morgan fingerprint density at radius 1 is 1.56 bits per heavy atom. The van der Waals surface area contributed by atoms with E-state index in [0.29, 0.717) is 12.1 Å².